The van der Waals surface area contributed by atoms with Crippen molar-refractivity contribution < 1.29 is 18.9 Å². The largest absolute Gasteiger partial charge is 0.492 e. The summed E-state index contributed by atoms with van der Waals surface area (Å²) in [6, 6.07) is 30.1. The van der Waals surface area contributed by atoms with Gasteiger partial charge in [-0.15, -0.1) is 0 Å². The van der Waals surface area contributed by atoms with Crippen LogP contribution in [0.25, 0.3) is 32.3 Å². The SMILES string of the molecule is CCCCCCOc1cc2c(cc1C#Cc1cccc(I)c1)c1cc(C#Cc3cccc(I)c3)c(OCCCCCC)cc1c1cc(OCCCCCC)c(OCCCCCC)cc21. The van der Waals surface area contributed by atoms with Gasteiger partial charge in [-0.1, -0.05) is 141 Å². The van der Waals surface area contributed by atoms with E-state index in [1.165, 1.54) is 51.4 Å². The van der Waals surface area contributed by atoms with Crippen LogP contribution >= 0.6 is 45.2 Å². The minimum atomic E-state index is 0.633. The summed E-state index contributed by atoms with van der Waals surface area (Å²) in [4.78, 5) is 0. The summed E-state index contributed by atoms with van der Waals surface area (Å²) in [5.41, 5.74) is 3.68. The Morgan fingerprint density at radius 1 is 0.344 bits per heavy atom. The molecule has 0 aromatic heterocycles. The molecule has 6 heteroatoms. The van der Waals surface area contributed by atoms with Gasteiger partial charge < -0.3 is 18.9 Å². The van der Waals surface area contributed by atoms with E-state index >= 15 is 0 Å². The van der Waals surface area contributed by atoms with Gasteiger partial charge in [-0.25, -0.2) is 0 Å². The summed E-state index contributed by atoms with van der Waals surface area (Å²) in [5, 5.41) is 6.51. The fourth-order valence-corrected chi connectivity index (χ4v) is 9.06. The molecule has 0 spiro atoms. The number of hydrogen-bond donors (Lipinski definition) is 0. The summed E-state index contributed by atoms with van der Waals surface area (Å²) in [7, 11) is 0. The van der Waals surface area contributed by atoms with Crippen LogP contribution in [-0.2, 0) is 0 Å². The fourth-order valence-electron chi connectivity index (χ4n) is 7.97. The van der Waals surface area contributed by atoms with Crippen molar-refractivity contribution in [2.75, 3.05) is 26.4 Å². The first-order chi connectivity index (χ1) is 31.4. The molecule has 0 heterocycles. The van der Waals surface area contributed by atoms with Crippen LogP contribution < -0.4 is 18.9 Å². The van der Waals surface area contributed by atoms with Crippen LogP contribution in [0.3, 0.4) is 0 Å². The smallest absolute Gasteiger partial charge is 0.161 e. The van der Waals surface area contributed by atoms with Gasteiger partial charge in [0.15, 0.2) is 11.5 Å². The first-order valence-corrected chi connectivity index (χ1v) is 26.2. The Kier molecular flexibility index (Phi) is 20.6. The van der Waals surface area contributed by atoms with E-state index in [1.807, 2.05) is 0 Å². The van der Waals surface area contributed by atoms with Crippen molar-refractivity contribution in [2.24, 2.45) is 0 Å². The van der Waals surface area contributed by atoms with Crippen molar-refractivity contribution in [2.45, 2.75) is 130 Å². The molecule has 0 unspecified atom stereocenters. The summed E-state index contributed by atoms with van der Waals surface area (Å²) < 4.78 is 29.1. The van der Waals surface area contributed by atoms with Crippen LogP contribution in [0, 0.1) is 30.8 Å². The molecule has 0 N–H and O–H groups in total. The molecule has 0 bridgehead atoms. The highest BCUT2D eigenvalue weighted by Gasteiger charge is 2.19. The van der Waals surface area contributed by atoms with Crippen molar-refractivity contribution >= 4 is 77.5 Å². The lowest BCUT2D eigenvalue weighted by Crippen LogP contribution is -2.04. The van der Waals surface area contributed by atoms with Gasteiger partial charge >= 0.3 is 0 Å². The minimum Gasteiger partial charge on any atom is -0.492 e. The molecule has 0 saturated heterocycles. The van der Waals surface area contributed by atoms with E-state index in [4.69, 9.17) is 18.9 Å². The maximum absolute atomic E-state index is 6.72. The molecule has 6 aromatic carbocycles. The second-order valence-electron chi connectivity index (χ2n) is 16.8. The Morgan fingerprint density at radius 3 is 0.984 bits per heavy atom. The van der Waals surface area contributed by atoms with Crippen molar-refractivity contribution in [3.05, 3.63) is 114 Å². The lowest BCUT2D eigenvalue weighted by Gasteiger charge is -2.19. The van der Waals surface area contributed by atoms with E-state index in [2.05, 4.69) is 181 Å². The Hall–Kier alpha value is -4.12. The zero-order valence-corrected chi connectivity index (χ0v) is 42.9. The molecule has 64 heavy (non-hydrogen) atoms. The third-order valence-electron chi connectivity index (χ3n) is 11.5. The number of halogens is 2. The molecule has 336 valence electrons. The van der Waals surface area contributed by atoms with E-state index in [-0.39, 0.29) is 0 Å². The molecule has 0 atom stereocenters. The molecule has 0 radical (unpaired) electrons. The van der Waals surface area contributed by atoms with Crippen molar-refractivity contribution in [3.63, 3.8) is 0 Å². The van der Waals surface area contributed by atoms with Gasteiger partial charge in [-0.2, -0.15) is 0 Å². The Balaban J connectivity index is 1.62. The van der Waals surface area contributed by atoms with Gasteiger partial charge in [-0.05, 0) is 176 Å². The first-order valence-electron chi connectivity index (χ1n) is 24.0. The number of hydrogen-bond acceptors (Lipinski definition) is 4. The average Bonchev–Trinajstić information content (AvgIpc) is 3.30. The van der Waals surface area contributed by atoms with E-state index in [0.29, 0.717) is 26.4 Å². The lowest BCUT2D eigenvalue weighted by atomic mass is 9.91. The highest BCUT2D eigenvalue weighted by Crippen LogP contribution is 2.45. The van der Waals surface area contributed by atoms with Crippen LogP contribution in [0.4, 0.5) is 0 Å². The molecule has 6 aromatic rings. The zero-order chi connectivity index (χ0) is 44.9. The Bertz CT molecular complexity index is 2390. The minimum absolute atomic E-state index is 0.633. The van der Waals surface area contributed by atoms with Crippen LogP contribution in [0.5, 0.6) is 23.0 Å². The second kappa shape index (κ2) is 26.7. The molecule has 0 amide bonds. The van der Waals surface area contributed by atoms with Crippen LogP contribution in [-0.4, -0.2) is 26.4 Å². The quantitative estimate of drug-likeness (QED) is 0.0262. The number of ether oxygens (including phenoxy) is 4. The highest BCUT2D eigenvalue weighted by molar-refractivity contribution is 14.1. The molecular formula is C58H66I2O4. The third kappa shape index (κ3) is 14.4. The first kappa shape index (κ1) is 49.3. The fraction of sp³-hybridized carbons (Fsp3) is 0.414. The molecular weight excluding hydrogens is 1010 g/mol. The zero-order valence-electron chi connectivity index (χ0n) is 38.6. The van der Waals surface area contributed by atoms with Gasteiger partial charge in [0.1, 0.15) is 11.5 Å². The predicted molar refractivity (Wildman–Crippen MR) is 288 cm³/mol. The highest BCUT2D eigenvalue weighted by atomic mass is 127. The number of rotatable bonds is 24. The molecule has 0 aliphatic carbocycles. The molecule has 0 aliphatic heterocycles. The second-order valence-corrected chi connectivity index (χ2v) is 19.3. The average molecular weight is 1080 g/mol. The van der Waals surface area contributed by atoms with Crippen molar-refractivity contribution in [3.8, 4) is 46.7 Å². The molecule has 4 nitrogen and oxygen atoms in total. The standard InChI is InChI=1S/C58H66I2O4/c1-5-9-13-17-31-61-55-39-51-49(37-45(55)29-27-43-23-21-25-47(59)35-43)50-38-46(30-28-44-24-22-26-48(60)36-44)56(62-32-18-14-10-6-2)40-52(50)54-42-58(64-34-20-16-12-8-4)57(41-53(51)54)63-33-19-15-11-7-3/h21-26,35-42H,5-20,31-34H2,1-4H3. The Labute approximate surface area is 411 Å². The normalized spacial score (nSPS) is 11.0. The predicted octanol–water partition coefficient (Wildman–Crippen LogP) is 17.0. The van der Waals surface area contributed by atoms with Crippen LogP contribution in [0.2, 0.25) is 0 Å². The van der Waals surface area contributed by atoms with E-state index in [0.717, 1.165) is 136 Å². The molecule has 0 fully saturated rings. The van der Waals surface area contributed by atoms with E-state index in [1.54, 1.807) is 0 Å². The number of unbranched alkanes of at least 4 members (excludes halogenated alkanes) is 12. The van der Waals surface area contributed by atoms with E-state index in [9.17, 15) is 0 Å². The summed E-state index contributed by atoms with van der Waals surface area (Å²) in [6.07, 6.45) is 18.1. The van der Waals surface area contributed by atoms with Gasteiger partial charge in [0.2, 0.25) is 0 Å². The number of fused-ring (bicyclic) bond motifs is 6. The molecule has 0 saturated carbocycles. The summed E-state index contributed by atoms with van der Waals surface area (Å²) in [6.45, 7) is 11.5. The van der Waals surface area contributed by atoms with Crippen molar-refractivity contribution in [1.29, 1.82) is 0 Å². The maximum atomic E-state index is 6.72. The maximum Gasteiger partial charge on any atom is 0.161 e. The third-order valence-corrected chi connectivity index (χ3v) is 12.9. The lowest BCUT2D eigenvalue weighted by molar-refractivity contribution is 0.259. The topological polar surface area (TPSA) is 36.9 Å². The number of benzene rings is 6. The summed E-state index contributed by atoms with van der Waals surface area (Å²) in [5.74, 6) is 17.3. The van der Waals surface area contributed by atoms with Gasteiger partial charge in [0, 0.05) is 18.3 Å². The van der Waals surface area contributed by atoms with Gasteiger partial charge in [-0.3, -0.25) is 0 Å². The monoisotopic (exact) mass is 1080 g/mol. The Morgan fingerprint density at radius 2 is 0.656 bits per heavy atom. The van der Waals surface area contributed by atoms with Gasteiger partial charge in [0.05, 0.1) is 37.6 Å². The van der Waals surface area contributed by atoms with Crippen molar-refractivity contribution in [1.82, 2.24) is 0 Å². The van der Waals surface area contributed by atoms with Gasteiger partial charge in [0.25, 0.3) is 0 Å². The van der Waals surface area contributed by atoms with Crippen LogP contribution in [0.1, 0.15) is 153 Å². The molecule has 6 rings (SSSR count). The van der Waals surface area contributed by atoms with E-state index < -0.39 is 0 Å². The molecule has 0 aliphatic rings. The summed E-state index contributed by atoms with van der Waals surface area (Å²) >= 11 is 4.71. The van der Waals surface area contributed by atoms with Crippen LogP contribution in [0.15, 0.2) is 84.9 Å².